The Morgan fingerprint density at radius 3 is 2.54 bits per heavy atom. The van der Waals surface area contributed by atoms with Crippen molar-refractivity contribution in [2.24, 2.45) is 0 Å². The van der Waals surface area contributed by atoms with Crippen LogP contribution in [-0.4, -0.2) is 70.4 Å². The number of hydrogen-bond donors (Lipinski definition) is 1. The molecule has 1 aromatic rings. The lowest BCUT2D eigenvalue weighted by Crippen LogP contribution is -2.47. The Morgan fingerprint density at radius 2 is 1.83 bits per heavy atom. The molecule has 130 valence electrons. The predicted molar refractivity (Wildman–Crippen MR) is 89.1 cm³/mol. The summed E-state index contributed by atoms with van der Waals surface area (Å²) in [7, 11) is 2.07. The van der Waals surface area contributed by atoms with Gasteiger partial charge in [-0.15, -0.1) is 0 Å². The first-order chi connectivity index (χ1) is 11.6. The standard InChI is InChI=1S/C17H25N5O2/c1-20-8-10-21(11-9-20)17(24)14-13-4-2-3-7-22(13)15(19-14)16(23)18-12-5-6-12/h12H,2-11H2,1H3,(H,18,23). The average molecular weight is 331 g/mol. The number of hydrogen-bond acceptors (Lipinski definition) is 4. The number of carbonyl (C=O) groups excluding carboxylic acids is 2. The summed E-state index contributed by atoms with van der Waals surface area (Å²) in [6.45, 7) is 4.01. The highest BCUT2D eigenvalue weighted by Gasteiger charge is 2.32. The van der Waals surface area contributed by atoms with Gasteiger partial charge < -0.3 is 19.7 Å². The molecule has 0 bridgehead atoms. The van der Waals surface area contributed by atoms with E-state index in [9.17, 15) is 9.59 Å². The van der Waals surface area contributed by atoms with Crippen LogP contribution in [0.4, 0.5) is 0 Å². The van der Waals surface area contributed by atoms with Crippen LogP contribution in [0.5, 0.6) is 0 Å². The number of rotatable bonds is 3. The summed E-state index contributed by atoms with van der Waals surface area (Å²) in [6, 6.07) is 0.297. The van der Waals surface area contributed by atoms with Gasteiger partial charge in [0, 0.05) is 38.8 Å². The van der Waals surface area contributed by atoms with E-state index in [-0.39, 0.29) is 11.8 Å². The first-order valence-electron chi connectivity index (χ1n) is 9.01. The Morgan fingerprint density at radius 1 is 1.08 bits per heavy atom. The summed E-state index contributed by atoms with van der Waals surface area (Å²) in [5.74, 6) is 0.284. The summed E-state index contributed by atoms with van der Waals surface area (Å²) >= 11 is 0. The predicted octanol–water partition coefficient (Wildman–Crippen LogP) is 0.499. The van der Waals surface area contributed by atoms with Crippen LogP contribution in [0.25, 0.3) is 0 Å². The van der Waals surface area contributed by atoms with Gasteiger partial charge in [0.25, 0.3) is 11.8 Å². The third kappa shape index (κ3) is 2.92. The molecule has 0 spiro atoms. The van der Waals surface area contributed by atoms with E-state index < -0.39 is 0 Å². The molecule has 3 aliphatic rings. The van der Waals surface area contributed by atoms with Crippen LogP contribution < -0.4 is 5.32 Å². The van der Waals surface area contributed by atoms with Crippen molar-refractivity contribution in [2.75, 3.05) is 33.2 Å². The molecule has 7 nitrogen and oxygen atoms in total. The first-order valence-corrected chi connectivity index (χ1v) is 9.01. The number of fused-ring (bicyclic) bond motifs is 1. The number of likely N-dealkylation sites (N-methyl/N-ethyl adjacent to an activating group) is 1. The van der Waals surface area contributed by atoms with Crippen molar-refractivity contribution in [3.05, 3.63) is 17.2 Å². The maximum Gasteiger partial charge on any atom is 0.287 e. The van der Waals surface area contributed by atoms with Crippen molar-refractivity contribution in [1.29, 1.82) is 0 Å². The monoisotopic (exact) mass is 331 g/mol. The molecule has 2 aliphatic heterocycles. The van der Waals surface area contributed by atoms with Crippen LogP contribution in [-0.2, 0) is 13.0 Å². The van der Waals surface area contributed by atoms with Gasteiger partial charge in [0.05, 0.1) is 5.69 Å². The van der Waals surface area contributed by atoms with Crippen molar-refractivity contribution >= 4 is 11.8 Å². The fourth-order valence-electron chi connectivity index (χ4n) is 3.52. The molecule has 0 atom stereocenters. The van der Waals surface area contributed by atoms with Gasteiger partial charge in [-0.25, -0.2) is 4.98 Å². The molecule has 0 aromatic carbocycles. The lowest BCUT2D eigenvalue weighted by atomic mass is 10.1. The SMILES string of the molecule is CN1CCN(C(=O)c2nc(C(=O)NC3CC3)n3c2CCCC3)CC1. The zero-order valence-electron chi connectivity index (χ0n) is 14.3. The van der Waals surface area contributed by atoms with Crippen molar-refractivity contribution in [2.45, 2.75) is 44.7 Å². The van der Waals surface area contributed by atoms with E-state index in [1.54, 1.807) is 0 Å². The fraction of sp³-hybridized carbons (Fsp3) is 0.706. The molecule has 4 rings (SSSR count). The molecule has 7 heteroatoms. The van der Waals surface area contributed by atoms with E-state index in [0.717, 1.165) is 70.5 Å². The average Bonchev–Trinajstić information content (AvgIpc) is 3.32. The third-order valence-corrected chi connectivity index (χ3v) is 5.23. The molecule has 3 heterocycles. The lowest BCUT2D eigenvalue weighted by Gasteiger charge is -2.32. The Kier molecular flexibility index (Phi) is 4.04. The van der Waals surface area contributed by atoms with Gasteiger partial charge >= 0.3 is 0 Å². The van der Waals surface area contributed by atoms with Crippen LogP contribution in [0.3, 0.4) is 0 Å². The van der Waals surface area contributed by atoms with Crippen LogP contribution in [0, 0.1) is 0 Å². The third-order valence-electron chi connectivity index (χ3n) is 5.23. The number of nitrogens with zero attached hydrogens (tertiary/aromatic N) is 4. The zero-order chi connectivity index (χ0) is 16.7. The minimum absolute atomic E-state index is 0.0146. The molecule has 2 amide bonds. The smallest absolute Gasteiger partial charge is 0.287 e. The summed E-state index contributed by atoms with van der Waals surface area (Å²) in [6.07, 6.45) is 5.02. The van der Waals surface area contributed by atoms with Crippen LogP contribution >= 0.6 is 0 Å². The normalized spacial score (nSPS) is 21.5. The topological polar surface area (TPSA) is 70.5 Å². The largest absolute Gasteiger partial charge is 0.347 e. The molecule has 1 saturated heterocycles. The van der Waals surface area contributed by atoms with E-state index in [1.807, 2.05) is 9.47 Å². The van der Waals surface area contributed by atoms with Crippen molar-refractivity contribution in [1.82, 2.24) is 24.7 Å². The van der Waals surface area contributed by atoms with E-state index in [2.05, 4.69) is 22.2 Å². The highest BCUT2D eigenvalue weighted by molar-refractivity contribution is 5.97. The maximum absolute atomic E-state index is 12.9. The molecule has 0 radical (unpaired) electrons. The number of amides is 2. The van der Waals surface area contributed by atoms with E-state index >= 15 is 0 Å². The number of aromatic nitrogens is 2. The van der Waals surface area contributed by atoms with Crippen molar-refractivity contribution < 1.29 is 9.59 Å². The highest BCUT2D eigenvalue weighted by atomic mass is 16.2. The first kappa shape index (κ1) is 15.6. The molecule has 1 N–H and O–H groups in total. The molecule has 1 aromatic heterocycles. The van der Waals surface area contributed by atoms with Gasteiger partial charge in [0.2, 0.25) is 0 Å². The van der Waals surface area contributed by atoms with E-state index in [0.29, 0.717) is 17.6 Å². The zero-order valence-corrected chi connectivity index (χ0v) is 14.3. The van der Waals surface area contributed by atoms with Crippen LogP contribution in [0.1, 0.15) is 52.5 Å². The fourth-order valence-corrected chi connectivity index (χ4v) is 3.52. The number of imidazole rings is 1. The molecular formula is C17H25N5O2. The molecule has 1 aliphatic carbocycles. The number of carbonyl (C=O) groups is 2. The minimum Gasteiger partial charge on any atom is -0.347 e. The summed E-state index contributed by atoms with van der Waals surface area (Å²) in [5, 5.41) is 3.00. The van der Waals surface area contributed by atoms with Crippen LogP contribution in [0.2, 0.25) is 0 Å². The van der Waals surface area contributed by atoms with Gasteiger partial charge in [0.15, 0.2) is 5.82 Å². The lowest BCUT2D eigenvalue weighted by molar-refractivity contribution is 0.0657. The van der Waals surface area contributed by atoms with Gasteiger partial charge in [-0.3, -0.25) is 9.59 Å². The molecule has 24 heavy (non-hydrogen) atoms. The Hall–Kier alpha value is -1.89. The maximum atomic E-state index is 12.9. The summed E-state index contributed by atoms with van der Waals surface area (Å²) < 4.78 is 1.98. The van der Waals surface area contributed by atoms with Gasteiger partial charge in [-0.1, -0.05) is 0 Å². The highest BCUT2D eigenvalue weighted by Crippen LogP contribution is 2.24. The van der Waals surface area contributed by atoms with E-state index in [1.165, 1.54) is 0 Å². The van der Waals surface area contributed by atoms with Crippen LogP contribution in [0.15, 0.2) is 0 Å². The molecule has 0 unspecified atom stereocenters. The quantitative estimate of drug-likeness (QED) is 0.876. The van der Waals surface area contributed by atoms with Gasteiger partial charge in [-0.2, -0.15) is 0 Å². The second-order valence-electron chi connectivity index (χ2n) is 7.18. The second-order valence-corrected chi connectivity index (χ2v) is 7.18. The van der Waals surface area contributed by atoms with E-state index in [4.69, 9.17) is 0 Å². The van der Waals surface area contributed by atoms with Crippen molar-refractivity contribution in [3.63, 3.8) is 0 Å². The molecular weight excluding hydrogens is 306 g/mol. The summed E-state index contributed by atoms with van der Waals surface area (Å²) in [4.78, 5) is 34.1. The Bertz CT molecular complexity index is 656. The number of nitrogens with one attached hydrogen (secondary N) is 1. The minimum atomic E-state index is -0.127. The molecule has 1 saturated carbocycles. The van der Waals surface area contributed by atoms with Crippen molar-refractivity contribution in [3.8, 4) is 0 Å². The Balaban J connectivity index is 1.61. The number of piperazine rings is 1. The second kappa shape index (κ2) is 6.20. The Labute approximate surface area is 142 Å². The van der Waals surface area contributed by atoms with Gasteiger partial charge in [0.1, 0.15) is 5.69 Å². The summed E-state index contributed by atoms with van der Waals surface area (Å²) in [5.41, 5.74) is 1.45. The van der Waals surface area contributed by atoms with Gasteiger partial charge in [-0.05, 0) is 39.2 Å². The molecule has 2 fully saturated rings.